The van der Waals surface area contributed by atoms with Gasteiger partial charge in [0.2, 0.25) is 5.91 Å². The number of carbonyl (C=O) groups excluding carboxylic acids is 1. The van der Waals surface area contributed by atoms with Crippen molar-refractivity contribution in [3.05, 3.63) is 35.4 Å². The number of hydrogen-bond acceptors (Lipinski definition) is 2. The van der Waals surface area contributed by atoms with Crippen LogP contribution in [0.2, 0.25) is 0 Å². The van der Waals surface area contributed by atoms with Crippen LogP contribution in [0.25, 0.3) is 0 Å². The minimum atomic E-state index is -0.557. The molecule has 19 heavy (non-hydrogen) atoms. The van der Waals surface area contributed by atoms with Crippen LogP contribution < -0.4 is 11.1 Å². The lowest BCUT2D eigenvalue weighted by atomic mass is 10.00. The van der Waals surface area contributed by atoms with Crippen LogP contribution in [0.5, 0.6) is 0 Å². The highest BCUT2D eigenvalue weighted by molar-refractivity contribution is 5.83. The first-order chi connectivity index (χ1) is 9.06. The number of nitrogens with two attached hydrogens (primary N) is 1. The van der Waals surface area contributed by atoms with Gasteiger partial charge in [-0.05, 0) is 37.2 Å². The molecule has 1 aromatic carbocycles. The number of carbonyl (C=O) groups is 1. The molecule has 0 heterocycles. The monoisotopic (exact) mass is 260 g/mol. The molecule has 0 saturated heterocycles. The van der Waals surface area contributed by atoms with E-state index in [0.717, 1.165) is 12.1 Å². The van der Waals surface area contributed by atoms with Crippen molar-refractivity contribution in [2.45, 2.75) is 45.6 Å². The SMILES string of the molecule is CCCC1(CNC(=O)C(N)c2ccc(C)cc2)CC1. The summed E-state index contributed by atoms with van der Waals surface area (Å²) in [5.41, 5.74) is 8.43. The molecule has 104 valence electrons. The summed E-state index contributed by atoms with van der Waals surface area (Å²) in [5, 5.41) is 3.02. The van der Waals surface area contributed by atoms with E-state index in [2.05, 4.69) is 12.2 Å². The van der Waals surface area contributed by atoms with E-state index < -0.39 is 6.04 Å². The van der Waals surface area contributed by atoms with E-state index in [0.29, 0.717) is 5.41 Å². The van der Waals surface area contributed by atoms with Gasteiger partial charge in [-0.15, -0.1) is 0 Å². The van der Waals surface area contributed by atoms with Crippen LogP contribution in [-0.2, 0) is 4.79 Å². The number of amides is 1. The Morgan fingerprint density at radius 2 is 2.00 bits per heavy atom. The van der Waals surface area contributed by atoms with Gasteiger partial charge in [0.15, 0.2) is 0 Å². The highest BCUT2D eigenvalue weighted by Gasteiger charge is 2.41. The second-order valence-corrected chi connectivity index (χ2v) is 5.86. The van der Waals surface area contributed by atoms with Crippen LogP contribution in [0.1, 0.15) is 49.8 Å². The molecule has 1 unspecified atom stereocenters. The van der Waals surface area contributed by atoms with Crippen LogP contribution in [-0.4, -0.2) is 12.5 Å². The second-order valence-electron chi connectivity index (χ2n) is 5.86. The van der Waals surface area contributed by atoms with E-state index in [1.807, 2.05) is 31.2 Å². The maximum absolute atomic E-state index is 12.1. The largest absolute Gasteiger partial charge is 0.354 e. The number of rotatable bonds is 6. The normalized spacial score (nSPS) is 17.8. The number of benzene rings is 1. The molecule has 0 aliphatic heterocycles. The lowest BCUT2D eigenvalue weighted by molar-refractivity contribution is -0.122. The van der Waals surface area contributed by atoms with E-state index in [9.17, 15) is 4.79 Å². The lowest BCUT2D eigenvalue weighted by Crippen LogP contribution is -2.37. The summed E-state index contributed by atoms with van der Waals surface area (Å²) in [7, 11) is 0. The van der Waals surface area contributed by atoms with Crippen LogP contribution in [0.3, 0.4) is 0 Å². The zero-order chi connectivity index (χ0) is 13.9. The molecule has 1 saturated carbocycles. The van der Waals surface area contributed by atoms with Gasteiger partial charge in [-0.3, -0.25) is 4.79 Å². The average Bonchev–Trinajstić information content (AvgIpc) is 3.17. The van der Waals surface area contributed by atoms with E-state index >= 15 is 0 Å². The van der Waals surface area contributed by atoms with Crippen molar-refractivity contribution >= 4 is 5.91 Å². The lowest BCUT2D eigenvalue weighted by Gasteiger charge is -2.18. The minimum Gasteiger partial charge on any atom is -0.354 e. The Bertz CT molecular complexity index is 435. The molecular weight excluding hydrogens is 236 g/mol. The van der Waals surface area contributed by atoms with E-state index in [4.69, 9.17) is 5.73 Å². The van der Waals surface area contributed by atoms with Gasteiger partial charge >= 0.3 is 0 Å². The first-order valence-corrected chi connectivity index (χ1v) is 7.16. The summed E-state index contributed by atoms with van der Waals surface area (Å²) >= 11 is 0. The van der Waals surface area contributed by atoms with Crippen LogP contribution >= 0.6 is 0 Å². The summed E-state index contributed by atoms with van der Waals surface area (Å²) in [4.78, 5) is 12.1. The van der Waals surface area contributed by atoms with Gasteiger partial charge in [-0.25, -0.2) is 0 Å². The fraction of sp³-hybridized carbons (Fsp3) is 0.562. The predicted molar refractivity (Wildman–Crippen MR) is 77.7 cm³/mol. The molecular formula is C16H24N2O. The summed E-state index contributed by atoms with van der Waals surface area (Å²) < 4.78 is 0. The average molecular weight is 260 g/mol. The Morgan fingerprint density at radius 1 is 1.37 bits per heavy atom. The van der Waals surface area contributed by atoms with Gasteiger partial charge in [0.05, 0.1) is 0 Å². The van der Waals surface area contributed by atoms with E-state index in [1.165, 1.54) is 31.2 Å². The van der Waals surface area contributed by atoms with E-state index in [-0.39, 0.29) is 5.91 Å². The fourth-order valence-electron chi connectivity index (χ4n) is 2.53. The molecule has 1 aliphatic carbocycles. The summed E-state index contributed by atoms with van der Waals surface area (Å²) in [6, 6.07) is 7.28. The van der Waals surface area contributed by atoms with Crippen molar-refractivity contribution in [1.29, 1.82) is 0 Å². The molecule has 2 rings (SSSR count). The Labute approximate surface area is 115 Å². The quantitative estimate of drug-likeness (QED) is 0.826. The molecule has 1 fully saturated rings. The van der Waals surface area contributed by atoms with Crippen molar-refractivity contribution in [2.24, 2.45) is 11.1 Å². The second kappa shape index (κ2) is 5.74. The minimum absolute atomic E-state index is 0.0637. The Hall–Kier alpha value is -1.35. The number of aryl methyl sites for hydroxylation is 1. The standard InChI is InChI=1S/C16H24N2O/c1-3-8-16(9-10-16)11-18-15(19)14(17)13-6-4-12(2)5-7-13/h4-7,14H,3,8-11,17H2,1-2H3,(H,18,19). The predicted octanol–water partition coefficient (Wildman–Crippen LogP) is 2.69. The molecule has 0 bridgehead atoms. The summed E-state index contributed by atoms with van der Waals surface area (Å²) in [5.74, 6) is -0.0637. The van der Waals surface area contributed by atoms with Gasteiger partial charge in [0.25, 0.3) is 0 Å². The molecule has 1 aliphatic rings. The van der Waals surface area contributed by atoms with Crippen molar-refractivity contribution in [2.75, 3.05) is 6.54 Å². The van der Waals surface area contributed by atoms with Crippen LogP contribution in [0.15, 0.2) is 24.3 Å². The summed E-state index contributed by atoms with van der Waals surface area (Å²) in [6.45, 7) is 5.00. The van der Waals surface area contributed by atoms with Crippen LogP contribution in [0, 0.1) is 12.3 Å². The molecule has 1 atom stereocenters. The van der Waals surface area contributed by atoms with Crippen molar-refractivity contribution in [1.82, 2.24) is 5.32 Å². The number of hydrogen-bond donors (Lipinski definition) is 2. The van der Waals surface area contributed by atoms with Crippen LogP contribution in [0.4, 0.5) is 0 Å². The fourth-order valence-corrected chi connectivity index (χ4v) is 2.53. The first-order valence-electron chi connectivity index (χ1n) is 7.16. The van der Waals surface area contributed by atoms with Crippen molar-refractivity contribution in [3.63, 3.8) is 0 Å². The van der Waals surface area contributed by atoms with Gasteiger partial charge in [-0.1, -0.05) is 43.2 Å². The highest BCUT2D eigenvalue weighted by Crippen LogP contribution is 2.48. The molecule has 3 heteroatoms. The molecule has 3 N–H and O–H groups in total. The molecule has 1 aromatic rings. The maximum atomic E-state index is 12.1. The molecule has 0 aromatic heterocycles. The van der Waals surface area contributed by atoms with E-state index in [1.54, 1.807) is 0 Å². The van der Waals surface area contributed by atoms with Gasteiger partial charge in [0.1, 0.15) is 6.04 Å². The third kappa shape index (κ3) is 3.57. The topological polar surface area (TPSA) is 55.1 Å². The molecule has 3 nitrogen and oxygen atoms in total. The summed E-state index contributed by atoms with van der Waals surface area (Å²) in [6.07, 6.45) is 4.86. The zero-order valence-corrected chi connectivity index (χ0v) is 11.9. The smallest absolute Gasteiger partial charge is 0.241 e. The Balaban J connectivity index is 1.87. The third-order valence-corrected chi connectivity index (χ3v) is 4.09. The van der Waals surface area contributed by atoms with Gasteiger partial charge in [0, 0.05) is 6.54 Å². The molecule has 0 radical (unpaired) electrons. The third-order valence-electron chi connectivity index (χ3n) is 4.09. The van der Waals surface area contributed by atoms with Gasteiger partial charge in [-0.2, -0.15) is 0 Å². The zero-order valence-electron chi connectivity index (χ0n) is 11.9. The number of nitrogens with one attached hydrogen (secondary N) is 1. The van der Waals surface area contributed by atoms with Crippen molar-refractivity contribution < 1.29 is 4.79 Å². The van der Waals surface area contributed by atoms with Crippen molar-refractivity contribution in [3.8, 4) is 0 Å². The first kappa shape index (κ1) is 14.1. The highest BCUT2D eigenvalue weighted by atomic mass is 16.2. The Morgan fingerprint density at radius 3 is 2.53 bits per heavy atom. The Kier molecular flexibility index (Phi) is 4.25. The maximum Gasteiger partial charge on any atom is 0.241 e. The molecule has 1 amide bonds. The van der Waals surface area contributed by atoms with Gasteiger partial charge < -0.3 is 11.1 Å². The molecule has 0 spiro atoms.